The van der Waals surface area contributed by atoms with Crippen LogP contribution in [0.2, 0.25) is 0 Å². The van der Waals surface area contributed by atoms with Crippen molar-refractivity contribution in [3.05, 3.63) is 6.33 Å². The topological polar surface area (TPSA) is 103 Å². The van der Waals surface area contributed by atoms with E-state index in [0.29, 0.717) is 37.8 Å². The monoisotopic (exact) mass is 226 g/mol. The molecule has 1 heterocycles. The smallest absolute Gasteiger partial charge is 0.228 e. The Bertz CT molecular complexity index is 272. The van der Waals surface area contributed by atoms with Crippen LogP contribution in [0.4, 0.5) is 11.9 Å². The number of nitrogens with zero attached hydrogens (tertiary/aromatic N) is 3. The summed E-state index contributed by atoms with van der Waals surface area (Å²) in [5.41, 5.74) is 0. The lowest BCUT2D eigenvalue weighted by atomic mass is 10.4. The minimum absolute atomic E-state index is 0.128. The molecular weight excluding hydrogens is 210 g/mol. The van der Waals surface area contributed by atoms with Gasteiger partial charge in [0.15, 0.2) is 0 Å². The maximum Gasteiger partial charge on any atom is 0.228 e. The van der Waals surface area contributed by atoms with Gasteiger partial charge < -0.3 is 20.8 Å². The molecule has 89 valence electrons. The van der Waals surface area contributed by atoms with E-state index < -0.39 is 0 Å². The lowest BCUT2D eigenvalue weighted by Crippen LogP contribution is -2.11. The second-order valence-electron chi connectivity index (χ2n) is 3.09. The van der Waals surface area contributed by atoms with Crippen LogP contribution in [0, 0.1) is 6.33 Å². The van der Waals surface area contributed by atoms with Gasteiger partial charge in [0.25, 0.3) is 0 Å². The Balaban J connectivity index is 2.37. The molecule has 0 aliphatic rings. The van der Waals surface area contributed by atoms with Gasteiger partial charge in [-0.1, -0.05) is 0 Å². The van der Waals surface area contributed by atoms with E-state index in [9.17, 15) is 0 Å². The van der Waals surface area contributed by atoms with E-state index in [4.69, 9.17) is 10.2 Å². The summed E-state index contributed by atoms with van der Waals surface area (Å²) < 4.78 is 0. The third-order valence-corrected chi connectivity index (χ3v) is 1.76. The molecule has 7 nitrogen and oxygen atoms in total. The largest absolute Gasteiger partial charge is 0.396 e. The molecule has 0 aliphatic heterocycles. The zero-order valence-corrected chi connectivity index (χ0v) is 8.98. The highest BCUT2D eigenvalue weighted by Gasteiger charge is 1.99. The number of aliphatic hydroxyl groups is 2. The van der Waals surface area contributed by atoms with Gasteiger partial charge in [-0.05, 0) is 12.8 Å². The van der Waals surface area contributed by atoms with Gasteiger partial charge in [0.1, 0.15) is 0 Å². The van der Waals surface area contributed by atoms with Gasteiger partial charge in [-0.15, -0.1) is 0 Å². The maximum absolute atomic E-state index is 8.61. The summed E-state index contributed by atoms with van der Waals surface area (Å²) in [6.07, 6.45) is 3.75. The highest BCUT2D eigenvalue weighted by Crippen LogP contribution is 2.01. The summed E-state index contributed by atoms with van der Waals surface area (Å²) in [5.74, 6) is 0.852. The Morgan fingerprint density at radius 1 is 0.938 bits per heavy atom. The van der Waals surface area contributed by atoms with E-state index in [1.807, 2.05) is 0 Å². The number of rotatable bonds is 8. The summed E-state index contributed by atoms with van der Waals surface area (Å²) in [6.45, 7) is 1.46. The first-order valence-corrected chi connectivity index (χ1v) is 5.18. The molecule has 0 amide bonds. The molecular formula is C9H16N5O2. The second kappa shape index (κ2) is 7.77. The molecule has 0 fully saturated rings. The van der Waals surface area contributed by atoms with Gasteiger partial charge in [-0.25, -0.2) is 0 Å². The molecule has 0 aliphatic carbocycles. The van der Waals surface area contributed by atoms with Crippen molar-refractivity contribution in [2.75, 3.05) is 36.9 Å². The third-order valence-electron chi connectivity index (χ3n) is 1.76. The van der Waals surface area contributed by atoms with E-state index in [2.05, 4.69) is 31.9 Å². The number of hydrogen-bond acceptors (Lipinski definition) is 7. The first-order valence-electron chi connectivity index (χ1n) is 5.18. The van der Waals surface area contributed by atoms with Gasteiger partial charge in [-0.3, -0.25) is 0 Å². The first kappa shape index (κ1) is 12.6. The van der Waals surface area contributed by atoms with Gasteiger partial charge in [-0.2, -0.15) is 15.0 Å². The fourth-order valence-electron chi connectivity index (χ4n) is 0.987. The Morgan fingerprint density at radius 2 is 1.44 bits per heavy atom. The fourth-order valence-corrected chi connectivity index (χ4v) is 0.987. The van der Waals surface area contributed by atoms with Crippen LogP contribution in [0.1, 0.15) is 12.8 Å². The Hall–Kier alpha value is -1.47. The number of anilines is 2. The normalized spacial score (nSPS) is 10.1. The maximum atomic E-state index is 8.61. The highest BCUT2D eigenvalue weighted by molar-refractivity contribution is 5.32. The molecule has 16 heavy (non-hydrogen) atoms. The Morgan fingerprint density at radius 3 is 1.88 bits per heavy atom. The second-order valence-corrected chi connectivity index (χ2v) is 3.09. The molecule has 0 spiro atoms. The zero-order chi connectivity index (χ0) is 11.6. The van der Waals surface area contributed by atoms with Crippen molar-refractivity contribution in [3.63, 3.8) is 0 Å². The Kier molecular flexibility index (Phi) is 6.12. The first-order chi connectivity index (χ1) is 7.86. The van der Waals surface area contributed by atoms with Crippen molar-refractivity contribution < 1.29 is 10.2 Å². The van der Waals surface area contributed by atoms with Gasteiger partial charge >= 0.3 is 0 Å². The predicted molar refractivity (Wildman–Crippen MR) is 59.0 cm³/mol. The van der Waals surface area contributed by atoms with Gasteiger partial charge in [0.05, 0.1) is 0 Å². The molecule has 4 N–H and O–H groups in total. The summed E-state index contributed by atoms with van der Waals surface area (Å²) in [5, 5.41) is 23.1. The minimum atomic E-state index is 0.128. The van der Waals surface area contributed by atoms with Crippen LogP contribution in [-0.2, 0) is 0 Å². The number of hydrogen-bond donors (Lipinski definition) is 4. The van der Waals surface area contributed by atoms with Gasteiger partial charge in [0.2, 0.25) is 18.2 Å². The van der Waals surface area contributed by atoms with E-state index in [-0.39, 0.29) is 13.2 Å². The van der Waals surface area contributed by atoms with Crippen molar-refractivity contribution in [2.24, 2.45) is 0 Å². The van der Waals surface area contributed by atoms with Crippen LogP contribution < -0.4 is 10.6 Å². The van der Waals surface area contributed by atoms with E-state index in [1.165, 1.54) is 0 Å². The standard InChI is InChI=1S/C9H16N5O2/c15-5-1-3-10-8-12-7-13-9(14-8)11-4-2-6-16/h15-16H,1-6H2,(H2,10,11,12,13,14). The molecule has 1 aromatic rings. The van der Waals surface area contributed by atoms with Crippen molar-refractivity contribution in [1.29, 1.82) is 0 Å². The summed E-state index contributed by atoms with van der Waals surface area (Å²) >= 11 is 0. The fraction of sp³-hybridized carbons (Fsp3) is 0.667. The molecule has 7 heteroatoms. The van der Waals surface area contributed by atoms with Crippen LogP contribution in [0.3, 0.4) is 0 Å². The van der Waals surface area contributed by atoms with Crippen LogP contribution in [-0.4, -0.2) is 51.5 Å². The van der Waals surface area contributed by atoms with Crippen LogP contribution >= 0.6 is 0 Å². The van der Waals surface area contributed by atoms with Crippen molar-refractivity contribution in [1.82, 2.24) is 15.0 Å². The van der Waals surface area contributed by atoms with Crippen LogP contribution in [0.5, 0.6) is 0 Å². The SMILES string of the molecule is OCCCNc1n[c]nc(NCCCO)n1. The van der Waals surface area contributed by atoms with Crippen LogP contribution in [0.15, 0.2) is 0 Å². The lowest BCUT2D eigenvalue weighted by molar-refractivity contribution is 0.292. The minimum Gasteiger partial charge on any atom is -0.396 e. The average molecular weight is 226 g/mol. The summed E-state index contributed by atoms with van der Waals surface area (Å²) in [4.78, 5) is 11.7. The van der Waals surface area contributed by atoms with E-state index >= 15 is 0 Å². The molecule has 1 aromatic heterocycles. The molecule has 0 atom stereocenters. The number of aromatic nitrogens is 3. The lowest BCUT2D eigenvalue weighted by Gasteiger charge is -2.05. The summed E-state index contributed by atoms with van der Waals surface area (Å²) in [7, 11) is 0. The number of aliphatic hydroxyl groups excluding tert-OH is 2. The molecule has 1 radical (unpaired) electrons. The highest BCUT2D eigenvalue weighted by atomic mass is 16.3. The van der Waals surface area contributed by atoms with Crippen molar-refractivity contribution in [3.8, 4) is 0 Å². The van der Waals surface area contributed by atoms with E-state index in [0.717, 1.165) is 0 Å². The molecule has 0 saturated carbocycles. The van der Waals surface area contributed by atoms with Crippen LogP contribution in [0.25, 0.3) is 0 Å². The number of nitrogens with one attached hydrogen (secondary N) is 2. The van der Waals surface area contributed by atoms with Gasteiger partial charge in [0, 0.05) is 26.3 Å². The quantitative estimate of drug-likeness (QED) is 0.433. The molecule has 0 aromatic carbocycles. The summed E-state index contributed by atoms with van der Waals surface area (Å²) in [6, 6.07) is 0. The zero-order valence-electron chi connectivity index (χ0n) is 8.98. The predicted octanol–water partition coefficient (Wildman–Crippen LogP) is -0.740. The average Bonchev–Trinajstić information content (AvgIpc) is 2.30. The molecule has 0 bridgehead atoms. The molecule has 0 saturated heterocycles. The molecule has 1 rings (SSSR count). The molecule has 0 unspecified atom stereocenters. The third kappa shape index (κ3) is 4.85. The van der Waals surface area contributed by atoms with Crippen molar-refractivity contribution >= 4 is 11.9 Å². The van der Waals surface area contributed by atoms with Crippen molar-refractivity contribution in [2.45, 2.75) is 12.8 Å². The Labute approximate surface area is 94.0 Å². The van der Waals surface area contributed by atoms with E-state index in [1.54, 1.807) is 0 Å².